The van der Waals surface area contributed by atoms with Crippen molar-refractivity contribution in [1.82, 2.24) is 5.32 Å². The lowest BCUT2D eigenvalue weighted by atomic mass is 9.74. The van der Waals surface area contributed by atoms with Gasteiger partial charge in [0.15, 0.2) is 0 Å². The number of nitrogens with one attached hydrogen (secondary N) is 1. The van der Waals surface area contributed by atoms with Gasteiger partial charge in [-0.2, -0.15) is 0 Å². The number of carbonyl (C=O) groups is 1. The highest BCUT2D eigenvalue weighted by atomic mass is 19.1. The number of halogens is 2. The molecule has 1 aromatic carbocycles. The number of aryl methyl sites for hydroxylation is 1. The molecule has 1 saturated heterocycles. The van der Waals surface area contributed by atoms with Crippen molar-refractivity contribution in [2.75, 3.05) is 0 Å². The van der Waals surface area contributed by atoms with Gasteiger partial charge in [0.05, 0.1) is 16.7 Å². The molecule has 0 spiro atoms. The Bertz CT molecular complexity index is 804. The molecule has 0 saturated carbocycles. The standard InChI is InChI=1S/C21H30BF2NO4/c1-19(2,3)27-18(26)25-13-9-8-12-10-15(23)16(17(24)14(12)11-13)22-28-20(4,5)21(6,7)29-22/h10,13H,8-9,11H2,1-7H3,(H,25,26). The molecule has 2 aliphatic rings. The fraction of sp³-hybridized carbons (Fsp3) is 0.667. The van der Waals surface area contributed by atoms with E-state index in [1.807, 2.05) is 27.7 Å². The Kier molecular flexibility index (Phi) is 5.50. The van der Waals surface area contributed by atoms with E-state index in [0.717, 1.165) is 0 Å². The number of hydrogen-bond donors (Lipinski definition) is 1. The van der Waals surface area contributed by atoms with Gasteiger partial charge in [-0.25, -0.2) is 13.6 Å². The maximum Gasteiger partial charge on any atom is 0.500 e. The van der Waals surface area contributed by atoms with Gasteiger partial charge in [0.2, 0.25) is 0 Å². The third-order valence-corrected chi connectivity index (χ3v) is 5.87. The molecule has 1 unspecified atom stereocenters. The van der Waals surface area contributed by atoms with Crippen LogP contribution in [0.4, 0.5) is 13.6 Å². The van der Waals surface area contributed by atoms with Crippen LogP contribution in [0.25, 0.3) is 0 Å². The van der Waals surface area contributed by atoms with Crippen molar-refractivity contribution in [1.29, 1.82) is 0 Å². The highest BCUT2D eigenvalue weighted by molar-refractivity contribution is 6.62. The second kappa shape index (κ2) is 7.24. The summed E-state index contributed by atoms with van der Waals surface area (Å²) < 4.78 is 47.2. The van der Waals surface area contributed by atoms with Gasteiger partial charge < -0.3 is 19.4 Å². The van der Waals surface area contributed by atoms with E-state index in [9.17, 15) is 9.18 Å². The van der Waals surface area contributed by atoms with Crippen molar-refractivity contribution in [3.05, 3.63) is 28.8 Å². The zero-order chi connectivity index (χ0) is 21.8. The van der Waals surface area contributed by atoms with Crippen LogP contribution >= 0.6 is 0 Å². The molecule has 1 aromatic rings. The highest BCUT2D eigenvalue weighted by Gasteiger charge is 2.53. The van der Waals surface area contributed by atoms with Crippen LogP contribution in [0.2, 0.25) is 0 Å². The zero-order valence-corrected chi connectivity index (χ0v) is 18.2. The second-order valence-electron chi connectivity index (χ2n) is 9.90. The average molecular weight is 409 g/mol. The molecule has 5 nitrogen and oxygen atoms in total. The molecule has 1 N–H and O–H groups in total. The predicted octanol–water partition coefficient (Wildman–Crippen LogP) is 3.65. The summed E-state index contributed by atoms with van der Waals surface area (Å²) in [7, 11) is -1.12. The van der Waals surface area contributed by atoms with E-state index in [4.69, 9.17) is 14.0 Å². The number of fused-ring (bicyclic) bond motifs is 1. The molecule has 1 aliphatic heterocycles. The van der Waals surface area contributed by atoms with Gasteiger partial charge in [-0.1, -0.05) is 0 Å². The monoisotopic (exact) mass is 409 g/mol. The van der Waals surface area contributed by atoms with Gasteiger partial charge in [0.1, 0.15) is 17.2 Å². The summed E-state index contributed by atoms with van der Waals surface area (Å²) in [6, 6.07) is 1.08. The average Bonchev–Trinajstić information content (AvgIpc) is 2.73. The molecule has 1 heterocycles. The minimum Gasteiger partial charge on any atom is -0.444 e. The summed E-state index contributed by atoms with van der Waals surface area (Å²) in [5, 5.41) is 2.79. The van der Waals surface area contributed by atoms with Crippen LogP contribution < -0.4 is 10.8 Å². The van der Waals surface area contributed by atoms with E-state index in [-0.39, 0.29) is 17.9 Å². The SMILES string of the molecule is CC(C)(C)OC(=O)NC1CCc2cc(F)c(B3OC(C)(C)C(C)(C)O3)c(F)c2C1. The van der Waals surface area contributed by atoms with Crippen LogP contribution in [0.1, 0.15) is 66.0 Å². The summed E-state index contributed by atoms with van der Waals surface area (Å²) in [6.45, 7) is 12.7. The molecule has 1 atom stereocenters. The Morgan fingerprint density at radius 2 is 1.79 bits per heavy atom. The van der Waals surface area contributed by atoms with Crippen LogP contribution in [0.3, 0.4) is 0 Å². The Balaban J connectivity index is 1.84. The van der Waals surface area contributed by atoms with E-state index in [2.05, 4.69) is 5.32 Å². The first kappa shape index (κ1) is 22.0. The fourth-order valence-electron chi connectivity index (χ4n) is 3.62. The smallest absolute Gasteiger partial charge is 0.444 e. The van der Waals surface area contributed by atoms with Crippen molar-refractivity contribution >= 4 is 18.7 Å². The van der Waals surface area contributed by atoms with E-state index in [1.165, 1.54) is 6.07 Å². The minimum absolute atomic E-state index is 0.208. The van der Waals surface area contributed by atoms with Gasteiger partial charge in [-0.15, -0.1) is 0 Å². The lowest BCUT2D eigenvalue weighted by Gasteiger charge is -2.32. The molecule has 1 amide bonds. The van der Waals surface area contributed by atoms with Gasteiger partial charge in [0, 0.05) is 6.04 Å². The van der Waals surface area contributed by atoms with E-state index in [1.54, 1.807) is 20.8 Å². The third kappa shape index (κ3) is 4.43. The Morgan fingerprint density at radius 3 is 2.34 bits per heavy atom. The zero-order valence-electron chi connectivity index (χ0n) is 18.2. The predicted molar refractivity (Wildman–Crippen MR) is 107 cm³/mol. The normalized spacial score (nSPS) is 22.9. The lowest BCUT2D eigenvalue weighted by Crippen LogP contribution is -2.44. The fourth-order valence-corrected chi connectivity index (χ4v) is 3.62. The summed E-state index contributed by atoms with van der Waals surface area (Å²) in [5.41, 5.74) is -1.22. The number of benzene rings is 1. The first-order valence-corrected chi connectivity index (χ1v) is 10.0. The summed E-state index contributed by atoms with van der Waals surface area (Å²) in [5.74, 6) is -1.33. The third-order valence-electron chi connectivity index (χ3n) is 5.87. The number of rotatable bonds is 2. The molecule has 8 heteroatoms. The molecule has 0 radical (unpaired) electrons. The molecule has 3 rings (SSSR count). The summed E-state index contributed by atoms with van der Waals surface area (Å²) in [4.78, 5) is 12.1. The van der Waals surface area contributed by atoms with E-state index in [0.29, 0.717) is 24.0 Å². The first-order chi connectivity index (χ1) is 13.2. The van der Waals surface area contributed by atoms with Crippen LogP contribution in [0.5, 0.6) is 0 Å². The van der Waals surface area contributed by atoms with Gasteiger partial charge in [-0.3, -0.25) is 0 Å². The number of alkyl carbamates (subject to hydrolysis) is 1. The van der Waals surface area contributed by atoms with Crippen LogP contribution in [-0.2, 0) is 26.9 Å². The van der Waals surface area contributed by atoms with Crippen LogP contribution in [0, 0.1) is 11.6 Å². The Hall–Kier alpha value is -1.67. The molecular weight excluding hydrogens is 379 g/mol. The quantitative estimate of drug-likeness (QED) is 0.758. The highest BCUT2D eigenvalue weighted by Crippen LogP contribution is 2.37. The molecule has 0 bridgehead atoms. The van der Waals surface area contributed by atoms with Crippen molar-refractivity contribution in [2.24, 2.45) is 0 Å². The number of hydrogen-bond acceptors (Lipinski definition) is 4. The molecule has 29 heavy (non-hydrogen) atoms. The Morgan fingerprint density at radius 1 is 1.21 bits per heavy atom. The molecular formula is C21H30BF2NO4. The number of ether oxygens (including phenoxy) is 1. The molecule has 1 aliphatic carbocycles. The van der Waals surface area contributed by atoms with Gasteiger partial charge in [0.25, 0.3) is 0 Å². The minimum atomic E-state index is -1.12. The second-order valence-corrected chi connectivity index (χ2v) is 9.90. The van der Waals surface area contributed by atoms with Crippen molar-refractivity contribution < 1.29 is 27.6 Å². The molecule has 160 valence electrons. The van der Waals surface area contributed by atoms with Crippen molar-refractivity contribution in [3.8, 4) is 0 Å². The summed E-state index contributed by atoms with van der Waals surface area (Å²) >= 11 is 0. The van der Waals surface area contributed by atoms with Crippen LogP contribution in [-0.4, -0.2) is 36.1 Å². The van der Waals surface area contributed by atoms with Crippen LogP contribution in [0.15, 0.2) is 6.07 Å². The van der Waals surface area contributed by atoms with Gasteiger partial charge in [-0.05, 0) is 84.9 Å². The maximum absolute atomic E-state index is 15.4. The maximum atomic E-state index is 15.4. The van der Waals surface area contributed by atoms with E-state index < -0.39 is 41.6 Å². The molecule has 0 aromatic heterocycles. The Labute approximate surface area is 171 Å². The van der Waals surface area contributed by atoms with E-state index >= 15 is 4.39 Å². The first-order valence-electron chi connectivity index (χ1n) is 10.0. The van der Waals surface area contributed by atoms with Crippen molar-refractivity contribution in [2.45, 2.75) is 90.6 Å². The number of amides is 1. The van der Waals surface area contributed by atoms with Crippen molar-refractivity contribution in [3.63, 3.8) is 0 Å². The summed E-state index contributed by atoms with van der Waals surface area (Å²) in [6.07, 6.45) is 0.765. The lowest BCUT2D eigenvalue weighted by molar-refractivity contribution is 0.00578. The largest absolute Gasteiger partial charge is 0.500 e. The number of carbonyl (C=O) groups excluding carboxylic acids is 1. The van der Waals surface area contributed by atoms with Gasteiger partial charge >= 0.3 is 13.2 Å². The molecule has 1 fully saturated rings. The topological polar surface area (TPSA) is 56.8 Å².